The molecule has 31 heavy (non-hydrogen) atoms. The summed E-state index contributed by atoms with van der Waals surface area (Å²) in [5.74, 6) is -0.578. The Morgan fingerprint density at radius 3 is 2.71 bits per heavy atom. The normalized spacial score (nSPS) is 15.0. The summed E-state index contributed by atoms with van der Waals surface area (Å²) in [6, 6.07) is 13.6. The van der Waals surface area contributed by atoms with Crippen molar-refractivity contribution < 1.29 is 22.7 Å². The maximum Gasteiger partial charge on any atom is 0.358 e. The quantitative estimate of drug-likeness (QED) is 0.500. The first-order valence-electron chi connectivity index (χ1n) is 9.49. The van der Waals surface area contributed by atoms with Crippen molar-refractivity contribution in [3.8, 4) is 10.6 Å². The van der Waals surface area contributed by atoms with Crippen molar-refractivity contribution in [1.82, 2.24) is 9.29 Å². The molecule has 1 aliphatic rings. The molecule has 4 rings (SSSR count). The minimum absolute atomic E-state index is 0.0602. The van der Waals surface area contributed by atoms with E-state index < -0.39 is 16.0 Å². The van der Waals surface area contributed by atoms with Crippen LogP contribution in [0.3, 0.4) is 0 Å². The van der Waals surface area contributed by atoms with Gasteiger partial charge in [0, 0.05) is 29.1 Å². The number of carbonyl (C=O) groups excluding carboxylic acids is 1. The van der Waals surface area contributed by atoms with Gasteiger partial charge in [0.05, 0.1) is 18.1 Å². The third-order valence-corrected chi connectivity index (χ3v) is 7.68. The molecule has 0 N–H and O–H groups in total. The Bertz CT molecular complexity index is 1190. The maximum absolute atomic E-state index is 12.8. The lowest BCUT2D eigenvalue weighted by atomic mass is 10.2. The highest BCUT2D eigenvalue weighted by Gasteiger charge is 2.26. The highest BCUT2D eigenvalue weighted by Crippen LogP contribution is 2.26. The Kier molecular flexibility index (Phi) is 6.68. The molecular formula is C21H19ClN2O5S2. The molecule has 2 heterocycles. The van der Waals surface area contributed by atoms with Crippen molar-refractivity contribution >= 4 is 38.9 Å². The van der Waals surface area contributed by atoms with Gasteiger partial charge < -0.3 is 9.47 Å². The Hall–Kier alpha value is -2.30. The predicted molar refractivity (Wildman–Crippen MR) is 118 cm³/mol. The van der Waals surface area contributed by atoms with Crippen molar-refractivity contribution in [3.05, 3.63) is 70.2 Å². The number of nitrogens with zero attached hydrogens (tertiary/aromatic N) is 2. The smallest absolute Gasteiger partial charge is 0.358 e. The average Bonchev–Trinajstić information content (AvgIpc) is 3.29. The molecule has 1 aromatic heterocycles. The predicted octanol–water partition coefficient (Wildman–Crippen LogP) is 3.84. The lowest BCUT2D eigenvalue weighted by molar-refractivity contribution is 0.0466. The van der Waals surface area contributed by atoms with Gasteiger partial charge in [0.15, 0.2) is 5.69 Å². The summed E-state index contributed by atoms with van der Waals surface area (Å²) in [5.41, 5.74) is 1.59. The topological polar surface area (TPSA) is 85.8 Å². The Balaban J connectivity index is 1.43. The van der Waals surface area contributed by atoms with Gasteiger partial charge in [-0.05, 0) is 29.8 Å². The first-order chi connectivity index (χ1) is 14.9. The highest BCUT2D eigenvalue weighted by atomic mass is 35.5. The van der Waals surface area contributed by atoms with Gasteiger partial charge in [-0.15, -0.1) is 11.3 Å². The van der Waals surface area contributed by atoms with Crippen molar-refractivity contribution in [3.63, 3.8) is 0 Å². The van der Waals surface area contributed by atoms with Crippen molar-refractivity contribution in [2.45, 2.75) is 11.5 Å². The van der Waals surface area contributed by atoms with E-state index in [4.69, 9.17) is 21.1 Å². The molecule has 0 saturated carbocycles. The van der Waals surface area contributed by atoms with Crippen LogP contribution in [0.25, 0.3) is 10.6 Å². The molecule has 0 unspecified atom stereocenters. The lowest BCUT2D eigenvalue weighted by Gasteiger charge is -2.26. The van der Waals surface area contributed by atoms with Crippen LogP contribution in [0.5, 0.6) is 0 Å². The molecule has 1 fully saturated rings. The van der Waals surface area contributed by atoms with E-state index in [0.29, 0.717) is 41.9 Å². The summed E-state index contributed by atoms with van der Waals surface area (Å²) in [5, 5.41) is 2.87. The number of benzene rings is 2. The van der Waals surface area contributed by atoms with E-state index >= 15 is 0 Å². The van der Waals surface area contributed by atoms with E-state index in [-0.39, 0.29) is 17.2 Å². The summed E-state index contributed by atoms with van der Waals surface area (Å²) in [6.45, 7) is 1.33. The van der Waals surface area contributed by atoms with Crippen molar-refractivity contribution in [1.29, 1.82) is 0 Å². The van der Waals surface area contributed by atoms with Gasteiger partial charge in [0.1, 0.15) is 11.6 Å². The number of aromatic nitrogens is 1. The average molecular weight is 479 g/mol. The maximum atomic E-state index is 12.8. The van der Waals surface area contributed by atoms with Crippen LogP contribution in [0, 0.1) is 0 Å². The second kappa shape index (κ2) is 9.46. The van der Waals surface area contributed by atoms with Gasteiger partial charge in [-0.25, -0.2) is 18.2 Å². The van der Waals surface area contributed by atoms with Crippen molar-refractivity contribution in [2.75, 3.05) is 26.3 Å². The molecule has 0 atom stereocenters. The monoisotopic (exact) mass is 478 g/mol. The third-order valence-electron chi connectivity index (χ3n) is 4.66. The molecule has 0 amide bonds. The van der Waals surface area contributed by atoms with Crippen LogP contribution in [0.4, 0.5) is 0 Å². The summed E-state index contributed by atoms with van der Waals surface area (Å²) >= 11 is 7.33. The molecule has 0 bridgehead atoms. The highest BCUT2D eigenvalue weighted by molar-refractivity contribution is 7.89. The first-order valence-corrected chi connectivity index (χ1v) is 12.2. The fourth-order valence-electron chi connectivity index (χ4n) is 3.08. The second-order valence-electron chi connectivity index (χ2n) is 6.79. The van der Waals surface area contributed by atoms with Crippen LogP contribution in [0.15, 0.2) is 58.8 Å². The van der Waals surface area contributed by atoms with E-state index in [0.717, 1.165) is 5.56 Å². The zero-order valence-electron chi connectivity index (χ0n) is 16.4. The Labute approximate surface area is 189 Å². The molecule has 1 saturated heterocycles. The van der Waals surface area contributed by atoms with Crippen LogP contribution in [0.2, 0.25) is 5.02 Å². The molecule has 0 spiro atoms. The molecule has 0 radical (unpaired) electrons. The number of morpholine rings is 1. The van der Waals surface area contributed by atoms with E-state index in [2.05, 4.69) is 4.98 Å². The summed E-state index contributed by atoms with van der Waals surface area (Å²) in [6.07, 6.45) is 0. The van der Waals surface area contributed by atoms with Gasteiger partial charge in [-0.2, -0.15) is 4.31 Å². The third kappa shape index (κ3) is 5.13. The fourth-order valence-corrected chi connectivity index (χ4v) is 5.53. The molecule has 1 aliphatic heterocycles. The van der Waals surface area contributed by atoms with E-state index in [1.807, 2.05) is 12.1 Å². The summed E-state index contributed by atoms with van der Waals surface area (Å²) < 4.78 is 37.6. The number of carbonyl (C=O) groups is 1. The molecule has 3 aromatic rings. The second-order valence-corrected chi connectivity index (χ2v) is 10.0. The number of hydrogen-bond acceptors (Lipinski definition) is 7. The van der Waals surface area contributed by atoms with Crippen LogP contribution < -0.4 is 0 Å². The van der Waals surface area contributed by atoms with Crippen LogP contribution in [-0.4, -0.2) is 50.0 Å². The van der Waals surface area contributed by atoms with E-state index in [1.165, 1.54) is 27.8 Å². The minimum atomic E-state index is -3.61. The van der Waals surface area contributed by atoms with Gasteiger partial charge in [0.25, 0.3) is 0 Å². The summed E-state index contributed by atoms with van der Waals surface area (Å²) in [7, 11) is -3.61. The SMILES string of the molecule is O=C(OCc1cccc(S(=O)(=O)N2CCOCC2)c1)c1csc(-c2cccc(Cl)c2)n1. The number of hydrogen-bond donors (Lipinski definition) is 0. The zero-order chi connectivity index (χ0) is 21.8. The van der Waals surface area contributed by atoms with Gasteiger partial charge in [-0.3, -0.25) is 0 Å². The molecule has 0 aliphatic carbocycles. The molecule has 2 aromatic carbocycles. The number of sulfonamides is 1. The fraction of sp³-hybridized carbons (Fsp3) is 0.238. The molecular weight excluding hydrogens is 460 g/mol. The van der Waals surface area contributed by atoms with Crippen LogP contribution >= 0.6 is 22.9 Å². The van der Waals surface area contributed by atoms with Crippen LogP contribution in [-0.2, 0) is 26.1 Å². The summed E-state index contributed by atoms with van der Waals surface area (Å²) in [4.78, 5) is 16.9. The van der Waals surface area contributed by atoms with Gasteiger partial charge >= 0.3 is 5.97 Å². The Morgan fingerprint density at radius 2 is 1.94 bits per heavy atom. The number of halogens is 1. The van der Waals surface area contributed by atoms with Gasteiger partial charge in [0.2, 0.25) is 10.0 Å². The molecule has 10 heteroatoms. The molecule has 7 nitrogen and oxygen atoms in total. The number of thiazole rings is 1. The number of rotatable bonds is 6. The minimum Gasteiger partial charge on any atom is -0.456 e. The standard InChI is InChI=1S/C21H19ClN2O5S2/c22-17-5-2-4-16(12-17)20-23-19(14-30-20)21(25)29-13-15-3-1-6-18(11-15)31(26,27)24-7-9-28-10-8-24/h1-6,11-12,14H,7-10,13H2. The van der Waals surface area contributed by atoms with Crippen LogP contribution in [0.1, 0.15) is 16.1 Å². The number of ether oxygens (including phenoxy) is 2. The number of esters is 1. The van der Waals surface area contributed by atoms with Crippen molar-refractivity contribution in [2.24, 2.45) is 0 Å². The van der Waals surface area contributed by atoms with E-state index in [1.54, 1.807) is 29.6 Å². The van der Waals surface area contributed by atoms with Gasteiger partial charge in [-0.1, -0.05) is 35.9 Å². The zero-order valence-corrected chi connectivity index (χ0v) is 18.8. The Morgan fingerprint density at radius 1 is 1.16 bits per heavy atom. The lowest BCUT2D eigenvalue weighted by Crippen LogP contribution is -2.40. The van der Waals surface area contributed by atoms with E-state index in [9.17, 15) is 13.2 Å². The largest absolute Gasteiger partial charge is 0.456 e. The molecule has 162 valence electrons. The first kappa shape index (κ1) is 21.9.